The second-order valence-electron chi connectivity index (χ2n) is 7.68. The molecule has 35 heavy (non-hydrogen) atoms. The third kappa shape index (κ3) is 3.99. The Hall–Kier alpha value is -4.26. The number of H-pyrrole nitrogens is 1. The van der Waals surface area contributed by atoms with Gasteiger partial charge in [0.1, 0.15) is 23.4 Å². The number of aromatic amines is 1. The number of aryl methyl sites for hydroxylation is 1. The van der Waals surface area contributed by atoms with Crippen molar-refractivity contribution in [2.24, 2.45) is 0 Å². The largest absolute Gasteiger partial charge is 0.493 e. The third-order valence-corrected chi connectivity index (χ3v) is 6.75. The molecule has 1 aromatic carbocycles. The Morgan fingerprint density at radius 3 is 2.66 bits per heavy atom. The van der Waals surface area contributed by atoms with Gasteiger partial charge >= 0.3 is 5.69 Å². The Morgan fingerprint density at radius 2 is 1.91 bits per heavy atom. The summed E-state index contributed by atoms with van der Waals surface area (Å²) in [5.41, 5.74) is 1.71. The number of ether oxygens (including phenoxy) is 1. The monoisotopic (exact) mass is 494 g/mol. The maximum absolute atomic E-state index is 13.1. The van der Waals surface area contributed by atoms with Gasteiger partial charge in [0.15, 0.2) is 11.3 Å². The number of sulfonamides is 1. The molecule has 4 heterocycles. The number of imidazole rings is 1. The van der Waals surface area contributed by atoms with Crippen LogP contribution in [0.15, 0.2) is 58.7 Å². The average Bonchev–Trinajstić information content (AvgIpc) is 3.51. The molecule has 0 aliphatic heterocycles. The number of nitrogens with zero attached hydrogens (tertiary/aromatic N) is 6. The van der Waals surface area contributed by atoms with Crippen LogP contribution in [0.25, 0.3) is 28.2 Å². The number of hydrogen-bond donors (Lipinski definition) is 2. The van der Waals surface area contributed by atoms with Crippen LogP contribution in [0.3, 0.4) is 0 Å². The SMILES string of the molecule is CCCOc1ccc(S(=O)(=O)Nc2ccncc2)cc1-c1nc2c([nH]1)c1nncn1c(=O)n2CC. The molecule has 5 aromatic rings. The number of nitrogens with one attached hydrogen (secondary N) is 2. The fraction of sp³-hybridized carbons (Fsp3) is 0.227. The second kappa shape index (κ2) is 8.83. The Labute approximate surface area is 199 Å². The molecular weight excluding hydrogens is 472 g/mol. The summed E-state index contributed by atoms with van der Waals surface area (Å²) in [6, 6.07) is 7.67. The van der Waals surface area contributed by atoms with Gasteiger partial charge in [-0.3, -0.25) is 14.3 Å². The zero-order valence-corrected chi connectivity index (χ0v) is 19.8. The van der Waals surface area contributed by atoms with Gasteiger partial charge in [-0.2, -0.15) is 0 Å². The standard InChI is InChI=1S/C22H22N8O4S/c1-3-11-34-17-6-5-15(35(32,33)28-14-7-9-23-10-8-14)12-16(17)19-25-18-20(26-19)29(4-2)22(31)30-13-24-27-21(18)30/h5-10,12-13H,3-4,11H2,1-2H3,(H,23,28)(H,25,26). The molecule has 0 saturated carbocycles. The van der Waals surface area contributed by atoms with Crippen molar-refractivity contribution in [2.45, 2.75) is 31.7 Å². The van der Waals surface area contributed by atoms with E-state index in [1.165, 1.54) is 39.8 Å². The summed E-state index contributed by atoms with van der Waals surface area (Å²) in [7, 11) is -3.91. The lowest BCUT2D eigenvalue weighted by atomic mass is 10.2. The van der Waals surface area contributed by atoms with Gasteiger partial charge in [0.2, 0.25) is 0 Å². The van der Waals surface area contributed by atoms with Crippen molar-refractivity contribution in [1.29, 1.82) is 0 Å². The van der Waals surface area contributed by atoms with Gasteiger partial charge in [-0.25, -0.2) is 22.6 Å². The normalized spacial score (nSPS) is 11.8. The fourth-order valence-corrected chi connectivity index (χ4v) is 4.81. The van der Waals surface area contributed by atoms with E-state index in [9.17, 15) is 13.2 Å². The first-order valence-corrected chi connectivity index (χ1v) is 12.4. The number of fused-ring (bicyclic) bond motifs is 3. The van der Waals surface area contributed by atoms with E-state index in [2.05, 4.69) is 29.9 Å². The Kier molecular flexibility index (Phi) is 5.68. The average molecular weight is 495 g/mol. The van der Waals surface area contributed by atoms with Gasteiger partial charge in [-0.05, 0) is 43.7 Å². The summed E-state index contributed by atoms with van der Waals surface area (Å²) >= 11 is 0. The molecule has 0 amide bonds. The van der Waals surface area contributed by atoms with Gasteiger partial charge in [-0.1, -0.05) is 6.92 Å². The van der Waals surface area contributed by atoms with Crippen molar-refractivity contribution in [3.8, 4) is 17.1 Å². The molecule has 0 spiro atoms. The fourth-order valence-electron chi connectivity index (χ4n) is 3.73. The summed E-state index contributed by atoms with van der Waals surface area (Å²) < 4.78 is 37.5. The van der Waals surface area contributed by atoms with E-state index in [-0.39, 0.29) is 10.6 Å². The van der Waals surface area contributed by atoms with Crippen LogP contribution in [0.2, 0.25) is 0 Å². The maximum Gasteiger partial charge on any atom is 0.336 e. The minimum absolute atomic E-state index is 0.0223. The molecule has 0 bridgehead atoms. The van der Waals surface area contributed by atoms with Crippen molar-refractivity contribution in [1.82, 2.24) is 34.1 Å². The van der Waals surface area contributed by atoms with E-state index in [0.717, 1.165) is 6.42 Å². The van der Waals surface area contributed by atoms with Crippen LogP contribution >= 0.6 is 0 Å². The van der Waals surface area contributed by atoms with Crippen LogP contribution in [0.1, 0.15) is 20.3 Å². The predicted molar refractivity (Wildman–Crippen MR) is 129 cm³/mol. The van der Waals surface area contributed by atoms with Gasteiger partial charge in [0.05, 0.1) is 22.8 Å². The molecule has 2 N–H and O–H groups in total. The second-order valence-corrected chi connectivity index (χ2v) is 9.37. The molecule has 0 aliphatic carbocycles. The first-order chi connectivity index (χ1) is 16.9. The van der Waals surface area contributed by atoms with Gasteiger partial charge < -0.3 is 9.72 Å². The summed E-state index contributed by atoms with van der Waals surface area (Å²) in [6.07, 6.45) is 5.10. The molecule has 4 aromatic heterocycles. The molecule has 0 unspecified atom stereocenters. The Balaban J connectivity index is 1.68. The summed E-state index contributed by atoms with van der Waals surface area (Å²) in [4.78, 5) is 24.6. The lowest BCUT2D eigenvalue weighted by Crippen LogP contribution is -2.26. The third-order valence-electron chi connectivity index (χ3n) is 5.38. The number of pyridine rings is 1. The minimum Gasteiger partial charge on any atom is -0.493 e. The molecule has 12 nitrogen and oxygen atoms in total. The molecule has 13 heteroatoms. The molecule has 0 saturated heterocycles. The Morgan fingerprint density at radius 1 is 1.11 bits per heavy atom. The van der Waals surface area contributed by atoms with E-state index >= 15 is 0 Å². The highest BCUT2D eigenvalue weighted by Gasteiger charge is 2.22. The highest BCUT2D eigenvalue weighted by Crippen LogP contribution is 2.33. The van der Waals surface area contributed by atoms with Crippen LogP contribution in [-0.4, -0.2) is 49.1 Å². The van der Waals surface area contributed by atoms with E-state index < -0.39 is 10.0 Å². The van der Waals surface area contributed by atoms with E-state index in [1.54, 1.807) is 18.2 Å². The zero-order valence-electron chi connectivity index (χ0n) is 19.0. The van der Waals surface area contributed by atoms with Gasteiger partial charge in [-0.15, -0.1) is 10.2 Å². The number of benzene rings is 1. The predicted octanol–water partition coefficient (Wildman–Crippen LogP) is 2.44. The number of rotatable bonds is 8. The molecule has 0 atom stereocenters. The van der Waals surface area contributed by atoms with Crippen LogP contribution in [0.5, 0.6) is 5.75 Å². The van der Waals surface area contributed by atoms with E-state index in [0.29, 0.717) is 52.8 Å². The molecule has 5 rings (SSSR count). The lowest BCUT2D eigenvalue weighted by molar-refractivity contribution is 0.318. The number of hydrogen-bond acceptors (Lipinski definition) is 8. The minimum atomic E-state index is -3.91. The zero-order chi connectivity index (χ0) is 24.6. The summed E-state index contributed by atoms with van der Waals surface area (Å²) in [5, 5.41) is 7.90. The lowest BCUT2D eigenvalue weighted by Gasteiger charge is -2.13. The number of anilines is 1. The smallest absolute Gasteiger partial charge is 0.336 e. The van der Waals surface area contributed by atoms with Crippen LogP contribution in [-0.2, 0) is 16.6 Å². The van der Waals surface area contributed by atoms with Crippen molar-refractivity contribution in [2.75, 3.05) is 11.3 Å². The highest BCUT2D eigenvalue weighted by molar-refractivity contribution is 7.92. The first-order valence-electron chi connectivity index (χ1n) is 10.9. The summed E-state index contributed by atoms with van der Waals surface area (Å²) in [6.45, 7) is 4.61. The van der Waals surface area contributed by atoms with Crippen molar-refractivity contribution in [3.05, 3.63) is 59.5 Å². The van der Waals surface area contributed by atoms with Crippen molar-refractivity contribution < 1.29 is 13.2 Å². The van der Waals surface area contributed by atoms with Crippen molar-refractivity contribution in [3.63, 3.8) is 0 Å². The first kappa shape index (κ1) is 22.5. The number of aromatic nitrogens is 7. The molecule has 0 fully saturated rings. The molecule has 0 aliphatic rings. The van der Waals surface area contributed by atoms with Gasteiger partial charge in [0.25, 0.3) is 10.0 Å². The van der Waals surface area contributed by atoms with Crippen LogP contribution in [0, 0.1) is 0 Å². The molecule has 180 valence electrons. The molecule has 0 radical (unpaired) electrons. The van der Waals surface area contributed by atoms with Crippen LogP contribution in [0.4, 0.5) is 5.69 Å². The van der Waals surface area contributed by atoms with Gasteiger partial charge in [0, 0.05) is 18.9 Å². The van der Waals surface area contributed by atoms with E-state index in [4.69, 9.17) is 4.74 Å². The van der Waals surface area contributed by atoms with Crippen molar-refractivity contribution >= 4 is 32.5 Å². The quantitative estimate of drug-likeness (QED) is 0.334. The summed E-state index contributed by atoms with van der Waals surface area (Å²) in [5.74, 6) is 0.793. The molecular formula is C22H22N8O4S. The Bertz CT molecular complexity index is 1690. The van der Waals surface area contributed by atoms with E-state index in [1.807, 2.05) is 13.8 Å². The van der Waals surface area contributed by atoms with Crippen LogP contribution < -0.4 is 15.1 Å². The maximum atomic E-state index is 13.1. The topological polar surface area (TPSA) is 149 Å². The highest BCUT2D eigenvalue weighted by atomic mass is 32.2.